The Morgan fingerprint density at radius 1 is 0.964 bits per heavy atom. The standard InChI is InChI=1S/C21H25N3O3S/c1-16-8-9-17(2)19(14-16)22-10-12-23(13-11-22)21(25)20-15-24(20)28(26,27)18-6-4-3-5-7-18/h3-9,14,20H,10-13,15H2,1-2H3/t20-,24?/m1/s1. The van der Waals surface area contributed by atoms with Crippen molar-refractivity contribution in [3.63, 3.8) is 0 Å². The Kier molecular flexibility index (Phi) is 4.89. The lowest BCUT2D eigenvalue weighted by molar-refractivity contribution is -0.131. The molecule has 0 bridgehead atoms. The highest BCUT2D eigenvalue weighted by Gasteiger charge is 2.50. The monoisotopic (exact) mass is 399 g/mol. The van der Waals surface area contributed by atoms with Crippen LogP contribution in [0.4, 0.5) is 5.69 Å². The minimum atomic E-state index is -3.59. The second-order valence-electron chi connectivity index (χ2n) is 7.51. The molecule has 2 fully saturated rings. The number of carbonyl (C=O) groups is 1. The summed E-state index contributed by atoms with van der Waals surface area (Å²) in [5.74, 6) is -0.0832. The summed E-state index contributed by atoms with van der Waals surface area (Å²) in [5.41, 5.74) is 3.67. The first-order chi connectivity index (χ1) is 13.4. The third-order valence-corrected chi connectivity index (χ3v) is 7.39. The zero-order valence-corrected chi connectivity index (χ0v) is 17.0. The molecule has 2 saturated heterocycles. The van der Waals surface area contributed by atoms with Gasteiger partial charge in [-0.05, 0) is 43.2 Å². The van der Waals surface area contributed by atoms with E-state index in [1.165, 1.54) is 21.1 Å². The highest BCUT2D eigenvalue weighted by Crippen LogP contribution is 2.30. The molecule has 2 heterocycles. The molecule has 0 radical (unpaired) electrons. The number of hydrogen-bond acceptors (Lipinski definition) is 4. The van der Waals surface area contributed by atoms with Crippen molar-refractivity contribution in [3.05, 3.63) is 59.7 Å². The van der Waals surface area contributed by atoms with Crippen LogP contribution in [0.3, 0.4) is 0 Å². The Balaban J connectivity index is 1.38. The van der Waals surface area contributed by atoms with E-state index in [0.717, 1.165) is 13.1 Å². The highest BCUT2D eigenvalue weighted by atomic mass is 32.2. The number of benzene rings is 2. The second-order valence-corrected chi connectivity index (χ2v) is 9.40. The molecule has 2 aliphatic rings. The van der Waals surface area contributed by atoms with Crippen LogP contribution in [0, 0.1) is 13.8 Å². The van der Waals surface area contributed by atoms with E-state index >= 15 is 0 Å². The minimum Gasteiger partial charge on any atom is -0.368 e. The molecule has 4 rings (SSSR count). The van der Waals surface area contributed by atoms with E-state index in [0.29, 0.717) is 13.1 Å². The van der Waals surface area contributed by atoms with Gasteiger partial charge in [0, 0.05) is 38.4 Å². The quantitative estimate of drug-likeness (QED) is 0.738. The van der Waals surface area contributed by atoms with Gasteiger partial charge in [0.1, 0.15) is 6.04 Å². The van der Waals surface area contributed by atoms with Gasteiger partial charge < -0.3 is 9.80 Å². The maximum absolute atomic E-state index is 12.8. The summed E-state index contributed by atoms with van der Waals surface area (Å²) in [6.45, 7) is 7.19. The molecule has 2 aromatic rings. The summed E-state index contributed by atoms with van der Waals surface area (Å²) in [5, 5.41) is 0. The maximum Gasteiger partial charge on any atom is 0.243 e. The van der Waals surface area contributed by atoms with Crippen molar-refractivity contribution < 1.29 is 13.2 Å². The van der Waals surface area contributed by atoms with Crippen molar-refractivity contribution in [2.45, 2.75) is 24.8 Å². The lowest BCUT2D eigenvalue weighted by Gasteiger charge is -2.37. The number of hydrogen-bond donors (Lipinski definition) is 0. The van der Waals surface area contributed by atoms with Crippen molar-refractivity contribution in [2.24, 2.45) is 0 Å². The summed E-state index contributed by atoms with van der Waals surface area (Å²) in [4.78, 5) is 17.2. The van der Waals surface area contributed by atoms with Crippen molar-refractivity contribution >= 4 is 21.6 Å². The van der Waals surface area contributed by atoms with Gasteiger partial charge in [0.15, 0.2) is 0 Å². The summed E-state index contributed by atoms with van der Waals surface area (Å²) in [6.07, 6.45) is 0. The number of anilines is 1. The van der Waals surface area contributed by atoms with Crippen LogP contribution < -0.4 is 4.90 Å². The fraction of sp³-hybridized carbons (Fsp3) is 0.381. The zero-order chi connectivity index (χ0) is 19.9. The Bertz CT molecular complexity index is 983. The van der Waals surface area contributed by atoms with Gasteiger partial charge in [-0.15, -0.1) is 0 Å². The first-order valence-corrected chi connectivity index (χ1v) is 11.0. The van der Waals surface area contributed by atoms with Gasteiger partial charge in [-0.3, -0.25) is 4.79 Å². The van der Waals surface area contributed by atoms with E-state index in [1.54, 1.807) is 35.2 Å². The molecule has 2 atom stereocenters. The van der Waals surface area contributed by atoms with Gasteiger partial charge in [0.2, 0.25) is 15.9 Å². The van der Waals surface area contributed by atoms with Crippen LogP contribution in [0.1, 0.15) is 11.1 Å². The fourth-order valence-electron chi connectivity index (χ4n) is 3.76. The Morgan fingerprint density at radius 2 is 1.64 bits per heavy atom. The Hall–Kier alpha value is -2.38. The van der Waals surface area contributed by atoms with Gasteiger partial charge in [-0.2, -0.15) is 4.31 Å². The number of nitrogens with zero attached hydrogens (tertiary/aromatic N) is 3. The number of piperazine rings is 1. The lowest BCUT2D eigenvalue weighted by atomic mass is 10.1. The van der Waals surface area contributed by atoms with Gasteiger partial charge in [0.25, 0.3) is 0 Å². The van der Waals surface area contributed by atoms with Crippen molar-refractivity contribution in [2.75, 3.05) is 37.6 Å². The normalized spacial score (nSPS) is 22.2. The van der Waals surface area contributed by atoms with E-state index in [-0.39, 0.29) is 17.3 Å². The molecule has 0 aliphatic carbocycles. The molecular formula is C21H25N3O3S. The smallest absolute Gasteiger partial charge is 0.243 e. The summed E-state index contributed by atoms with van der Waals surface area (Å²) < 4.78 is 26.6. The largest absolute Gasteiger partial charge is 0.368 e. The molecule has 1 unspecified atom stereocenters. The van der Waals surface area contributed by atoms with E-state index < -0.39 is 16.1 Å². The third kappa shape index (κ3) is 3.52. The van der Waals surface area contributed by atoms with Crippen LogP contribution >= 0.6 is 0 Å². The van der Waals surface area contributed by atoms with E-state index in [1.807, 2.05) is 0 Å². The highest BCUT2D eigenvalue weighted by molar-refractivity contribution is 7.89. The van der Waals surface area contributed by atoms with Gasteiger partial charge >= 0.3 is 0 Å². The van der Waals surface area contributed by atoms with Crippen molar-refractivity contribution in [3.8, 4) is 0 Å². The summed E-state index contributed by atoms with van der Waals surface area (Å²) in [7, 11) is -3.59. The average Bonchev–Trinajstić information content (AvgIpc) is 3.52. The fourth-order valence-corrected chi connectivity index (χ4v) is 5.29. The molecule has 2 aromatic carbocycles. The third-order valence-electron chi connectivity index (χ3n) is 5.50. The molecule has 6 nitrogen and oxygen atoms in total. The zero-order valence-electron chi connectivity index (χ0n) is 16.2. The predicted octanol–water partition coefficient (Wildman–Crippen LogP) is 2.03. The minimum absolute atomic E-state index is 0.0832. The first-order valence-electron chi connectivity index (χ1n) is 9.56. The van der Waals surface area contributed by atoms with Crippen molar-refractivity contribution in [1.82, 2.24) is 9.21 Å². The van der Waals surface area contributed by atoms with Gasteiger partial charge in [-0.25, -0.2) is 8.42 Å². The Morgan fingerprint density at radius 3 is 2.32 bits per heavy atom. The number of rotatable bonds is 4. The molecule has 0 spiro atoms. The van der Waals surface area contributed by atoms with Crippen LogP contribution in [0.2, 0.25) is 0 Å². The molecule has 148 valence electrons. The lowest BCUT2D eigenvalue weighted by Crippen LogP contribution is -2.50. The van der Waals surface area contributed by atoms with E-state index in [2.05, 4.69) is 36.9 Å². The second kappa shape index (κ2) is 7.22. The number of amides is 1. The SMILES string of the molecule is Cc1ccc(C)c(N2CCN(C(=O)[C@H]3CN3S(=O)(=O)c3ccccc3)CC2)c1. The molecule has 0 aromatic heterocycles. The molecule has 1 amide bonds. The van der Waals surface area contributed by atoms with E-state index in [9.17, 15) is 13.2 Å². The van der Waals surface area contributed by atoms with Crippen molar-refractivity contribution in [1.29, 1.82) is 0 Å². The van der Waals surface area contributed by atoms with Crippen LogP contribution in [-0.2, 0) is 14.8 Å². The summed E-state index contributed by atoms with van der Waals surface area (Å²) >= 11 is 0. The van der Waals surface area contributed by atoms with Crippen LogP contribution in [0.25, 0.3) is 0 Å². The maximum atomic E-state index is 12.8. The van der Waals surface area contributed by atoms with Crippen LogP contribution in [-0.4, -0.2) is 62.3 Å². The number of carbonyl (C=O) groups excluding carboxylic acids is 1. The first kappa shape index (κ1) is 19.0. The van der Waals surface area contributed by atoms with Crippen LogP contribution in [0.5, 0.6) is 0 Å². The van der Waals surface area contributed by atoms with Gasteiger partial charge in [-0.1, -0.05) is 30.3 Å². The van der Waals surface area contributed by atoms with E-state index in [4.69, 9.17) is 0 Å². The predicted molar refractivity (Wildman–Crippen MR) is 109 cm³/mol. The molecule has 7 heteroatoms. The molecule has 28 heavy (non-hydrogen) atoms. The number of aryl methyl sites for hydroxylation is 2. The summed E-state index contributed by atoms with van der Waals surface area (Å²) in [6, 6.07) is 14.2. The number of sulfonamides is 1. The molecule has 0 saturated carbocycles. The Labute approximate surface area is 166 Å². The molecular weight excluding hydrogens is 374 g/mol. The average molecular weight is 400 g/mol. The topological polar surface area (TPSA) is 60.7 Å². The molecule has 2 aliphatic heterocycles. The molecule has 0 N–H and O–H groups in total. The van der Waals surface area contributed by atoms with Crippen LogP contribution in [0.15, 0.2) is 53.4 Å². The van der Waals surface area contributed by atoms with Gasteiger partial charge in [0.05, 0.1) is 4.90 Å².